The van der Waals surface area contributed by atoms with Crippen LogP contribution in [0.3, 0.4) is 0 Å². The van der Waals surface area contributed by atoms with Gasteiger partial charge in [-0.1, -0.05) is 0 Å². The van der Waals surface area contributed by atoms with Crippen molar-refractivity contribution in [1.29, 1.82) is 0 Å². The Morgan fingerprint density at radius 2 is 1.80 bits per heavy atom. The van der Waals surface area contributed by atoms with Crippen molar-refractivity contribution in [3.63, 3.8) is 0 Å². The molecule has 0 unspecified atom stereocenters. The van der Waals surface area contributed by atoms with Gasteiger partial charge in [0.25, 0.3) is 0 Å². The summed E-state index contributed by atoms with van der Waals surface area (Å²) in [6, 6.07) is 9.36. The molecule has 1 aromatic carbocycles. The molecule has 0 aliphatic carbocycles. The van der Waals surface area contributed by atoms with E-state index < -0.39 is 0 Å². The smallest absolute Gasteiger partial charge is 0.124 e. The van der Waals surface area contributed by atoms with Crippen LogP contribution in [0.2, 0.25) is 0 Å². The Balaban J connectivity index is 0.00000147. The molecule has 0 spiro atoms. The molecule has 0 bridgehead atoms. The summed E-state index contributed by atoms with van der Waals surface area (Å²) in [5.41, 5.74) is 3.30. The van der Waals surface area contributed by atoms with Crippen LogP contribution in [0.4, 0.5) is 0 Å². The second-order valence-electron chi connectivity index (χ2n) is 4.41. The van der Waals surface area contributed by atoms with E-state index in [9.17, 15) is 5.11 Å². The van der Waals surface area contributed by atoms with E-state index in [2.05, 4.69) is 25.3 Å². The van der Waals surface area contributed by atoms with Crippen LogP contribution in [-0.4, -0.2) is 10.1 Å². The summed E-state index contributed by atoms with van der Waals surface area (Å²) >= 11 is 3.44. The minimum absolute atomic E-state index is 0. The standard InChI is InChI=1S/C15H13NOS2.ClH/c1-9-7-13(10(2)19-9)14-8-18-15(16-14)11-3-5-12(17)6-4-11;/h3-8,17H,1-2H3;1H. The lowest BCUT2D eigenvalue weighted by molar-refractivity contribution is 0.475. The molecule has 1 N–H and O–H groups in total. The van der Waals surface area contributed by atoms with E-state index >= 15 is 0 Å². The van der Waals surface area contributed by atoms with E-state index in [4.69, 9.17) is 4.98 Å². The van der Waals surface area contributed by atoms with E-state index in [-0.39, 0.29) is 18.2 Å². The van der Waals surface area contributed by atoms with Crippen molar-refractivity contribution in [2.75, 3.05) is 0 Å². The molecule has 2 aromatic heterocycles. The molecule has 0 aliphatic rings. The lowest BCUT2D eigenvalue weighted by Gasteiger charge is -1.96. The SMILES string of the molecule is Cc1cc(-c2csc(-c3ccc(O)cc3)n2)c(C)s1.Cl. The number of hydrogen-bond acceptors (Lipinski definition) is 4. The van der Waals surface area contributed by atoms with Crippen LogP contribution in [0.25, 0.3) is 21.8 Å². The molecule has 0 saturated heterocycles. The molecule has 0 amide bonds. The normalized spacial score (nSPS) is 10.3. The largest absolute Gasteiger partial charge is 0.508 e. The van der Waals surface area contributed by atoms with E-state index in [1.807, 2.05) is 12.1 Å². The number of aryl methyl sites for hydroxylation is 2. The van der Waals surface area contributed by atoms with Gasteiger partial charge in [0.1, 0.15) is 10.8 Å². The Kier molecular flexibility index (Phi) is 4.48. The first-order valence-corrected chi connectivity index (χ1v) is 7.65. The summed E-state index contributed by atoms with van der Waals surface area (Å²) in [5, 5.41) is 12.4. The van der Waals surface area contributed by atoms with Crippen LogP contribution in [0.5, 0.6) is 5.75 Å². The molecule has 20 heavy (non-hydrogen) atoms. The molecule has 2 heterocycles. The summed E-state index contributed by atoms with van der Waals surface area (Å²) in [7, 11) is 0. The molecule has 0 saturated carbocycles. The molecule has 0 atom stereocenters. The average molecular weight is 324 g/mol. The Labute approximate surface area is 132 Å². The molecule has 3 rings (SSSR count). The number of thiophene rings is 1. The van der Waals surface area contributed by atoms with Gasteiger partial charge in [-0.05, 0) is 44.2 Å². The van der Waals surface area contributed by atoms with E-state index in [1.165, 1.54) is 15.3 Å². The number of nitrogens with zero attached hydrogens (tertiary/aromatic N) is 1. The van der Waals surface area contributed by atoms with Crippen LogP contribution >= 0.6 is 35.1 Å². The van der Waals surface area contributed by atoms with Gasteiger partial charge in [0, 0.05) is 26.3 Å². The van der Waals surface area contributed by atoms with Gasteiger partial charge in [-0.15, -0.1) is 35.1 Å². The van der Waals surface area contributed by atoms with Crippen LogP contribution in [0.1, 0.15) is 9.75 Å². The fraction of sp³-hybridized carbons (Fsp3) is 0.133. The molecule has 5 heteroatoms. The number of aromatic hydroxyl groups is 1. The Morgan fingerprint density at radius 1 is 1.10 bits per heavy atom. The number of benzene rings is 1. The number of thiazole rings is 1. The highest BCUT2D eigenvalue weighted by atomic mass is 35.5. The summed E-state index contributed by atoms with van der Waals surface area (Å²) < 4.78 is 0. The average Bonchev–Trinajstić information content (AvgIpc) is 2.97. The van der Waals surface area contributed by atoms with E-state index in [0.29, 0.717) is 0 Å². The van der Waals surface area contributed by atoms with Crippen molar-refractivity contribution in [3.05, 3.63) is 45.5 Å². The van der Waals surface area contributed by atoms with Gasteiger partial charge >= 0.3 is 0 Å². The van der Waals surface area contributed by atoms with Gasteiger partial charge in [0.15, 0.2) is 0 Å². The third kappa shape index (κ3) is 2.87. The quantitative estimate of drug-likeness (QED) is 0.695. The Hall–Kier alpha value is -1.36. The van der Waals surface area contributed by atoms with Crippen LogP contribution in [-0.2, 0) is 0 Å². The zero-order valence-electron chi connectivity index (χ0n) is 11.1. The van der Waals surface area contributed by atoms with Gasteiger partial charge in [-0.2, -0.15) is 0 Å². The molecule has 0 fully saturated rings. The van der Waals surface area contributed by atoms with Gasteiger partial charge in [0.2, 0.25) is 0 Å². The van der Waals surface area contributed by atoms with Crippen LogP contribution in [0, 0.1) is 13.8 Å². The maximum atomic E-state index is 9.31. The predicted octanol–water partition coefficient (Wildman–Crippen LogP) is 5.28. The minimum atomic E-state index is 0. The fourth-order valence-corrected chi connectivity index (χ4v) is 3.78. The molecule has 0 radical (unpaired) electrons. The number of aromatic nitrogens is 1. The second-order valence-corrected chi connectivity index (χ2v) is 6.73. The van der Waals surface area contributed by atoms with Gasteiger partial charge in [-0.25, -0.2) is 4.98 Å². The minimum Gasteiger partial charge on any atom is -0.508 e. The number of phenols is 1. The second kappa shape index (κ2) is 5.95. The molecular weight excluding hydrogens is 310 g/mol. The molecule has 104 valence electrons. The molecule has 0 aliphatic heterocycles. The topological polar surface area (TPSA) is 33.1 Å². The number of phenolic OH excluding ortho intramolecular Hbond substituents is 1. The third-order valence-corrected chi connectivity index (χ3v) is 4.79. The van der Waals surface area contributed by atoms with Crippen molar-refractivity contribution < 1.29 is 5.11 Å². The summed E-state index contributed by atoms with van der Waals surface area (Å²) in [5.74, 6) is 0.282. The lowest BCUT2D eigenvalue weighted by Crippen LogP contribution is -1.79. The molecule has 2 nitrogen and oxygen atoms in total. The monoisotopic (exact) mass is 323 g/mol. The number of halogens is 1. The molecular formula is C15H14ClNOS2. The van der Waals surface area contributed by atoms with E-state index in [0.717, 1.165) is 16.3 Å². The van der Waals surface area contributed by atoms with Gasteiger partial charge in [0.05, 0.1) is 5.69 Å². The van der Waals surface area contributed by atoms with Crippen molar-refractivity contribution in [2.24, 2.45) is 0 Å². The maximum absolute atomic E-state index is 9.31. The first kappa shape index (κ1) is 15.0. The molecule has 3 aromatic rings. The van der Waals surface area contributed by atoms with Crippen molar-refractivity contribution in [1.82, 2.24) is 4.98 Å². The van der Waals surface area contributed by atoms with Crippen molar-refractivity contribution >= 4 is 35.1 Å². The van der Waals surface area contributed by atoms with Crippen LogP contribution in [0.15, 0.2) is 35.7 Å². The predicted molar refractivity (Wildman–Crippen MR) is 89.2 cm³/mol. The Morgan fingerprint density at radius 3 is 2.40 bits per heavy atom. The van der Waals surface area contributed by atoms with Crippen LogP contribution < -0.4 is 0 Å². The zero-order chi connectivity index (χ0) is 13.4. The summed E-state index contributed by atoms with van der Waals surface area (Å²) in [6.07, 6.45) is 0. The first-order chi connectivity index (χ1) is 9.13. The highest BCUT2D eigenvalue weighted by molar-refractivity contribution is 7.14. The number of rotatable bonds is 2. The van der Waals surface area contributed by atoms with Crippen molar-refractivity contribution in [2.45, 2.75) is 13.8 Å². The fourth-order valence-electron chi connectivity index (χ4n) is 2.02. The first-order valence-electron chi connectivity index (χ1n) is 5.96. The highest BCUT2D eigenvalue weighted by Gasteiger charge is 2.10. The summed E-state index contributed by atoms with van der Waals surface area (Å²) in [6.45, 7) is 4.25. The Bertz CT molecular complexity index is 716. The third-order valence-electron chi connectivity index (χ3n) is 2.94. The zero-order valence-corrected chi connectivity index (χ0v) is 13.5. The summed E-state index contributed by atoms with van der Waals surface area (Å²) in [4.78, 5) is 7.32. The van der Waals surface area contributed by atoms with Gasteiger partial charge < -0.3 is 5.11 Å². The highest BCUT2D eigenvalue weighted by Crippen LogP contribution is 2.34. The lowest BCUT2D eigenvalue weighted by atomic mass is 10.2. The van der Waals surface area contributed by atoms with Gasteiger partial charge in [-0.3, -0.25) is 0 Å². The van der Waals surface area contributed by atoms with E-state index in [1.54, 1.807) is 34.8 Å². The maximum Gasteiger partial charge on any atom is 0.124 e. The van der Waals surface area contributed by atoms with Crippen molar-refractivity contribution in [3.8, 4) is 27.6 Å². The number of hydrogen-bond donors (Lipinski definition) is 1.